The first-order valence-electron chi connectivity index (χ1n) is 12.4. The maximum absolute atomic E-state index is 13.6. The number of aryl methyl sites for hydroxylation is 1. The predicted octanol–water partition coefficient (Wildman–Crippen LogP) is 6.45. The van der Waals surface area contributed by atoms with E-state index in [2.05, 4.69) is 18.8 Å². The zero-order valence-electron chi connectivity index (χ0n) is 20.7. The molecule has 2 fully saturated rings. The number of amides is 1. The van der Waals surface area contributed by atoms with Crippen molar-refractivity contribution in [3.8, 4) is 11.6 Å². The SMILES string of the molecule is Cc1ccc(C(C)C)c(Oc2nc3ccccn3c(=O)c2/C=C2/SC(=S)N(C3CCCCC3)C2=O)c1. The van der Waals surface area contributed by atoms with E-state index in [1.807, 2.05) is 31.2 Å². The minimum Gasteiger partial charge on any atom is -0.438 e. The summed E-state index contributed by atoms with van der Waals surface area (Å²) >= 11 is 6.84. The Labute approximate surface area is 220 Å². The van der Waals surface area contributed by atoms with E-state index >= 15 is 0 Å². The van der Waals surface area contributed by atoms with Crippen LogP contribution in [0.2, 0.25) is 0 Å². The molecule has 0 spiro atoms. The first kappa shape index (κ1) is 24.7. The third-order valence-corrected chi connectivity index (χ3v) is 8.10. The van der Waals surface area contributed by atoms with Crippen LogP contribution in [0.15, 0.2) is 52.3 Å². The number of pyridine rings is 1. The number of ether oxygens (including phenoxy) is 1. The second-order valence-corrected chi connectivity index (χ2v) is 11.4. The van der Waals surface area contributed by atoms with Crippen LogP contribution in [0.1, 0.15) is 68.6 Å². The molecule has 36 heavy (non-hydrogen) atoms. The highest BCUT2D eigenvalue weighted by molar-refractivity contribution is 8.26. The summed E-state index contributed by atoms with van der Waals surface area (Å²) in [4.78, 5) is 33.9. The van der Waals surface area contributed by atoms with Gasteiger partial charge in [-0.05, 0) is 61.1 Å². The van der Waals surface area contributed by atoms with Gasteiger partial charge in [-0.15, -0.1) is 0 Å². The highest BCUT2D eigenvalue weighted by Gasteiger charge is 2.38. The summed E-state index contributed by atoms with van der Waals surface area (Å²) in [5, 5.41) is 0. The molecule has 1 aromatic carbocycles. The van der Waals surface area contributed by atoms with E-state index in [9.17, 15) is 9.59 Å². The largest absolute Gasteiger partial charge is 0.438 e. The summed E-state index contributed by atoms with van der Waals surface area (Å²) in [7, 11) is 0. The van der Waals surface area contributed by atoms with E-state index in [0.29, 0.717) is 20.6 Å². The van der Waals surface area contributed by atoms with E-state index in [1.165, 1.54) is 22.6 Å². The molecule has 0 unspecified atom stereocenters. The van der Waals surface area contributed by atoms with Gasteiger partial charge in [0.15, 0.2) is 0 Å². The van der Waals surface area contributed by atoms with Gasteiger partial charge in [0.05, 0.1) is 4.91 Å². The molecule has 1 saturated heterocycles. The van der Waals surface area contributed by atoms with Crippen LogP contribution in [0.3, 0.4) is 0 Å². The lowest BCUT2D eigenvalue weighted by Crippen LogP contribution is -2.39. The topological polar surface area (TPSA) is 63.9 Å². The van der Waals surface area contributed by atoms with Crippen molar-refractivity contribution in [1.29, 1.82) is 0 Å². The third-order valence-electron chi connectivity index (χ3n) is 6.77. The molecule has 186 valence electrons. The number of rotatable bonds is 5. The quantitative estimate of drug-likeness (QED) is 0.285. The summed E-state index contributed by atoms with van der Waals surface area (Å²) in [5.41, 5.74) is 2.48. The van der Waals surface area contributed by atoms with Gasteiger partial charge in [-0.2, -0.15) is 4.98 Å². The van der Waals surface area contributed by atoms with Gasteiger partial charge in [-0.3, -0.25) is 18.9 Å². The molecule has 5 rings (SSSR count). The number of nitrogens with zero attached hydrogens (tertiary/aromatic N) is 3. The minimum absolute atomic E-state index is 0.129. The molecule has 0 bridgehead atoms. The second kappa shape index (κ2) is 10.2. The zero-order valence-corrected chi connectivity index (χ0v) is 22.3. The number of carbonyl (C=O) groups excluding carboxylic acids is 1. The summed E-state index contributed by atoms with van der Waals surface area (Å²) in [6.07, 6.45) is 8.59. The van der Waals surface area contributed by atoms with Crippen molar-refractivity contribution >= 4 is 45.9 Å². The first-order valence-corrected chi connectivity index (χ1v) is 13.6. The lowest BCUT2D eigenvalue weighted by Gasteiger charge is -2.29. The monoisotopic (exact) mass is 519 g/mol. The molecular formula is C28H29N3O3S2. The van der Waals surface area contributed by atoms with Gasteiger partial charge in [0, 0.05) is 12.2 Å². The molecule has 3 aromatic rings. The van der Waals surface area contributed by atoms with E-state index in [4.69, 9.17) is 17.0 Å². The number of hydrogen-bond acceptors (Lipinski definition) is 6. The van der Waals surface area contributed by atoms with Crippen molar-refractivity contribution in [2.24, 2.45) is 0 Å². The highest BCUT2D eigenvalue weighted by atomic mass is 32.2. The summed E-state index contributed by atoms with van der Waals surface area (Å²) in [5.74, 6) is 0.916. The van der Waals surface area contributed by atoms with Gasteiger partial charge in [-0.1, -0.05) is 75.3 Å². The minimum atomic E-state index is -0.294. The molecule has 0 N–H and O–H groups in total. The lowest BCUT2D eigenvalue weighted by atomic mass is 9.94. The summed E-state index contributed by atoms with van der Waals surface area (Å²) in [6, 6.07) is 11.5. The highest BCUT2D eigenvalue weighted by Crippen LogP contribution is 2.38. The average molecular weight is 520 g/mol. The van der Waals surface area contributed by atoms with Crippen LogP contribution in [0.25, 0.3) is 11.7 Å². The average Bonchev–Trinajstić information content (AvgIpc) is 3.14. The van der Waals surface area contributed by atoms with Crippen LogP contribution in [0, 0.1) is 6.92 Å². The Morgan fingerprint density at radius 2 is 1.92 bits per heavy atom. The third kappa shape index (κ3) is 4.72. The Kier molecular flexibility index (Phi) is 6.99. The first-order chi connectivity index (χ1) is 17.3. The van der Waals surface area contributed by atoms with Crippen molar-refractivity contribution in [3.05, 3.63) is 74.5 Å². The standard InChI is InChI=1S/C28H29N3O3S2/c1-17(2)20-13-12-18(3)15-22(20)34-25-21(26(32)30-14-8-7-11-24(30)29-25)16-23-27(33)31(28(35)36-23)19-9-5-4-6-10-19/h7-8,11-17,19H,4-6,9-10H2,1-3H3/b23-16+. The predicted molar refractivity (Wildman–Crippen MR) is 149 cm³/mol. The van der Waals surface area contributed by atoms with Gasteiger partial charge in [0.2, 0.25) is 5.88 Å². The molecule has 2 aliphatic rings. The fraction of sp³-hybridized carbons (Fsp3) is 0.357. The van der Waals surface area contributed by atoms with E-state index in [1.54, 1.807) is 29.3 Å². The molecule has 3 heterocycles. The van der Waals surface area contributed by atoms with Crippen molar-refractivity contribution in [1.82, 2.24) is 14.3 Å². The lowest BCUT2D eigenvalue weighted by molar-refractivity contribution is -0.124. The fourth-order valence-corrected chi connectivity index (χ4v) is 6.24. The number of thiocarbonyl (C=S) groups is 1. The van der Waals surface area contributed by atoms with E-state index in [0.717, 1.165) is 36.8 Å². The van der Waals surface area contributed by atoms with E-state index < -0.39 is 0 Å². The summed E-state index contributed by atoms with van der Waals surface area (Å²) < 4.78 is 8.37. The van der Waals surface area contributed by atoms with Crippen LogP contribution in [0.4, 0.5) is 0 Å². The van der Waals surface area contributed by atoms with Gasteiger partial charge in [0.1, 0.15) is 21.3 Å². The van der Waals surface area contributed by atoms with Gasteiger partial charge < -0.3 is 4.74 Å². The smallest absolute Gasteiger partial charge is 0.269 e. The molecule has 1 saturated carbocycles. The zero-order chi connectivity index (χ0) is 25.4. The van der Waals surface area contributed by atoms with Crippen LogP contribution >= 0.6 is 24.0 Å². The number of carbonyl (C=O) groups is 1. The van der Waals surface area contributed by atoms with Crippen molar-refractivity contribution in [2.45, 2.75) is 64.8 Å². The molecule has 6 nitrogen and oxygen atoms in total. The van der Waals surface area contributed by atoms with E-state index in [-0.39, 0.29) is 34.9 Å². The molecule has 2 aromatic heterocycles. The molecule has 1 aliphatic carbocycles. The molecule has 1 aliphatic heterocycles. The maximum Gasteiger partial charge on any atom is 0.269 e. The molecular weight excluding hydrogens is 490 g/mol. The van der Waals surface area contributed by atoms with Crippen molar-refractivity contribution < 1.29 is 9.53 Å². The number of fused-ring (bicyclic) bond motifs is 1. The number of thioether (sulfide) groups is 1. The second-order valence-electron chi connectivity index (χ2n) is 9.71. The maximum atomic E-state index is 13.6. The normalized spacial score (nSPS) is 18.1. The Morgan fingerprint density at radius 1 is 1.14 bits per heavy atom. The summed E-state index contributed by atoms with van der Waals surface area (Å²) in [6.45, 7) is 6.19. The van der Waals surface area contributed by atoms with Gasteiger partial charge in [0.25, 0.3) is 11.5 Å². The number of hydrogen-bond donors (Lipinski definition) is 0. The van der Waals surface area contributed by atoms with Crippen molar-refractivity contribution in [2.75, 3.05) is 0 Å². The Bertz CT molecular complexity index is 1440. The Hall–Kier alpha value is -2.97. The fourth-order valence-electron chi connectivity index (χ4n) is 4.86. The van der Waals surface area contributed by atoms with Gasteiger partial charge >= 0.3 is 0 Å². The van der Waals surface area contributed by atoms with Crippen LogP contribution in [0.5, 0.6) is 11.6 Å². The number of aromatic nitrogens is 2. The molecule has 0 atom stereocenters. The Morgan fingerprint density at radius 3 is 2.67 bits per heavy atom. The van der Waals surface area contributed by atoms with Crippen LogP contribution in [-0.2, 0) is 4.79 Å². The molecule has 8 heteroatoms. The van der Waals surface area contributed by atoms with Crippen LogP contribution in [-0.4, -0.2) is 30.6 Å². The number of benzene rings is 1. The Balaban J connectivity index is 1.61. The van der Waals surface area contributed by atoms with Gasteiger partial charge in [-0.25, -0.2) is 0 Å². The molecule has 0 radical (unpaired) electrons. The molecule has 1 amide bonds. The van der Waals surface area contributed by atoms with Crippen molar-refractivity contribution in [3.63, 3.8) is 0 Å². The van der Waals surface area contributed by atoms with Crippen LogP contribution < -0.4 is 10.3 Å².